The Morgan fingerprint density at radius 2 is 1.63 bits per heavy atom. The van der Waals surface area contributed by atoms with Crippen molar-refractivity contribution in [3.05, 3.63) is 48.3 Å². The van der Waals surface area contributed by atoms with Crippen molar-refractivity contribution in [3.63, 3.8) is 0 Å². The molecule has 1 aromatic carbocycles. The lowest BCUT2D eigenvalue weighted by Gasteiger charge is -2.58. The van der Waals surface area contributed by atoms with E-state index in [1.165, 1.54) is 112 Å². The summed E-state index contributed by atoms with van der Waals surface area (Å²) in [5.74, 6) is 0.437. The quantitative estimate of drug-likeness (QED) is 0.333. The number of allylic oxidation sites excluding steroid dienone is 1. The lowest BCUT2D eigenvalue weighted by Crippen LogP contribution is -2.65. The summed E-state index contributed by atoms with van der Waals surface area (Å²) in [6.45, 7) is 4.68. The number of hydrogen-bond donors (Lipinski definition) is 2. The molecule has 1 unspecified atom stereocenters. The fourth-order valence-corrected chi connectivity index (χ4v) is 10.3. The van der Waals surface area contributed by atoms with E-state index >= 15 is 0 Å². The molecule has 5 heteroatoms. The third-order valence-electron chi connectivity index (χ3n) is 11.9. The fourth-order valence-electron chi connectivity index (χ4n) is 10.3. The van der Waals surface area contributed by atoms with Crippen LogP contribution in [0.1, 0.15) is 95.6 Å². The number of para-hydroxylation sites is 1. The van der Waals surface area contributed by atoms with Gasteiger partial charge in [0.2, 0.25) is 0 Å². The Bertz CT molecular complexity index is 1440. The number of fused-ring (bicyclic) bond motifs is 5. The number of nitrogens with one attached hydrogen (secondary N) is 1. The number of nitrogens with zero attached hydrogens (tertiary/aromatic N) is 3. The molecule has 4 fully saturated rings. The second-order valence-corrected chi connectivity index (χ2v) is 14.3. The predicted molar refractivity (Wildman–Crippen MR) is 168 cm³/mol. The third-order valence-corrected chi connectivity index (χ3v) is 11.9. The molecule has 8 rings (SSSR count). The number of benzene rings is 1. The Balaban J connectivity index is 1.33. The highest BCUT2D eigenvalue weighted by Crippen LogP contribution is 2.62. The maximum absolute atomic E-state index is 13.1. The van der Waals surface area contributed by atoms with Crippen LogP contribution in [0.5, 0.6) is 0 Å². The molecular weight excluding hydrogens is 504 g/mol. The first-order chi connectivity index (χ1) is 20.2. The van der Waals surface area contributed by atoms with Gasteiger partial charge in [-0.15, -0.1) is 0 Å². The number of aromatic amines is 1. The maximum Gasteiger partial charge on any atom is 0.0994 e. The number of rotatable bonds is 1. The summed E-state index contributed by atoms with van der Waals surface area (Å²) in [5, 5.41) is 15.6. The zero-order chi connectivity index (χ0) is 27.4. The zero-order valence-electron chi connectivity index (χ0n) is 24.8. The smallest absolute Gasteiger partial charge is 0.0994 e. The first-order valence-corrected chi connectivity index (χ1v) is 17.0. The molecule has 4 saturated heterocycles. The van der Waals surface area contributed by atoms with Crippen LogP contribution in [0, 0.1) is 11.3 Å². The predicted octanol–water partition coefficient (Wildman–Crippen LogP) is 7.30. The highest BCUT2D eigenvalue weighted by atomic mass is 16.3. The summed E-state index contributed by atoms with van der Waals surface area (Å²) < 4.78 is 0. The van der Waals surface area contributed by atoms with Crippen LogP contribution in [0.25, 0.3) is 27.4 Å². The molecule has 4 aliphatic heterocycles. The van der Waals surface area contributed by atoms with Gasteiger partial charge in [-0.2, -0.15) is 0 Å². The van der Waals surface area contributed by atoms with Crippen molar-refractivity contribution in [2.45, 2.75) is 108 Å². The maximum atomic E-state index is 13.1. The number of hydrogen-bond acceptors (Lipinski definition) is 4. The fraction of sp³-hybridized carbons (Fsp3) is 0.639. The number of H-pyrrole nitrogens is 1. The molecule has 5 aliphatic rings. The Morgan fingerprint density at radius 1 is 0.829 bits per heavy atom. The zero-order valence-corrected chi connectivity index (χ0v) is 24.8. The highest BCUT2D eigenvalue weighted by molar-refractivity contribution is 6.09. The lowest BCUT2D eigenvalue weighted by atomic mass is 9.54. The van der Waals surface area contributed by atoms with Crippen molar-refractivity contribution >= 4 is 27.4 Å². The van der Waals surface area contributed by atoms with Gasteiger partial charge in [-0.3, -0.25) is 9.88 Å². The van der Waals surface area contributed by atoms with E-state index in [9.17, 15) is 5.11 Å². The van der Waals surface area contributed by atoms with Crippen molar-refractivity contribution in [1.29, 1.82) is 0 Å². The first kappa shape index (κ1) is 26.4. The molecule has 5 nitrogen and oxygen atoms in total. The summed E-state index contributed by atoms with van der Waals surface area (Å²) in [6, 6.07) is 11.7. The van der Waals surface area contributed by atoms with Gasteiger partial charge in [0.05, 0.1) is 16.8 Å². The van der Waals surface area contributed by atoms with Gasteiger partial charge in [0.1, 0.15) is 0 Å². The molecule has 6 heterocycles. The highest BCUT2D eigenvalue weighted by Gasteiger charge is 2.65. The molecule has 1 spiro atoms. The number of pyridine rings is 1. The summed E-state index contributed by atoms with van der Waals surface area (Å²) >= 11 is 0. The monoisotopic (exact) mass is 552 g/mol. The Kier molecular flexibility index (Phi) is 6.77. The van der Waals surface area contributed by atoms with Gasteiger partial charge in [-0.25, -0.2) is 0 Å². The first-order valence-electron chi connectivity index (χ1n) is 17.0. The summed E-state index contributed by atoms with van der Waals surface area (Å²) in [6.07, 6.45) is 22.0. The number of aromatic nitrogens is 2. The molecule has 2 N–H and O–H groups in total. The summed E-state index contributed by atoms with van der Waals surface area (Å²) in [5.41, 5.74) is 4.03. The van der Waals surface area contributed by atoms with Gasteiger partial charge >= 0.3 is 0 Å². The minimum atomic E-state index is -0.813. The minimum absolute atomic E-state index is 0.0794. The molecule has 3 aromatic rings. The van der Waals surface area contributed by atoms with E-state index in [1.54, 1.807) is 0 Å². The molecule has 6 atom stereocenters. The van der Waals surface area contributed by atoms with Crippen LogP contribution in [-0.4, -0.2) is 68.7 Å². The van der Waals surface area contributed by atoms with Crippen LogP contribution in [0.15, 0.2) is 42.6 Å². The standard InChI is InChI=1S/C36H48N4O/c41-36-18-10-4-1-2-5-11-20-39-22-17-30(35(25-39)23-26-13-7-3-6-12-21-40(26)34(35)36)29(24-36)32-33-28(16-19-37-32)27-14-8-9-15-31(27)38-33/h8-9,14-16,19,24,26,30,34,38,41H,1-7,10-13,17-18,20-23,25H2/t26-,30-,34+,35-,36-/m0/s1. The van der Waals surface area contributed by atoms with E-state index in [0.717, 1.165) is 37.1 Å². The molecule has 3 bridgehead atoms. The van der Waals surface area contributed by atoms with E-state index in [2.05, 4.69) is 51.2 Å². The van der Waals surface area contributed by atoms with Gasteiger partial charge in [0, 0.05) is 46.5 Å². The van der Waals surface area contributed by atoms with E-state index in [0.29, 0.717) is 12.0 Å². The van der Waals surface area contributed by atoms with Gasteiger partial charge < -0.3 is 15.0 Å². The molecule has 2 aromatic heterocycles. The molecule has 0 saturated carbocycles. The van der Waals surface area contributed by atoms with Gasteiger partial charge in [0.15, 0.2) is 0 Å². The van der Waals surface area contributed by atoms with Gasteiger partial charge in [0.25, 0.3) is 0 Å². The Morgan fingerprint density at radius 3 is 2.56 bits per heavy atom. The van der Waals surface area contributed by atoms with Crippen molar-refractivity contribution in [3.8, 4) is 0 Å². The second-order valence-electron chi connectivity index (χ2n) is 14.3. The molecule has 0 radical (unpaired) electrons. The van der Waals surface area contributed by atoms with Gasteiger partial charge in [-0.05, 0) is 87.9 Å². The lowest BCUT2D eigenvalue weighted by molar-refractivity contribution is -0.0919. The molecule has 218 valence electrons. The van der Waals surface area contributed by atoms with Crippen LogP contribution < -0.4 is 0 Å². The van der Waals surface area contributed by atoms with E-state index in [1.807, 2.05) is 6.20 Å². The average molecular weight is 553 g/mol. The third kappa shape index (κ3) is 4.33. The van der Waals surface area contributed by atoms with Crippen LogP contribution >= 0.6 is 0 Å². The van der Waals surface area contributed by atoms with Crippen molar-refractivity contribution < 1.29 is 5.11 Å². The van der Waals surface area contributed by atoms with Gasteiger partial charge in [-0.1, -0.05) is 69.6 Å². The van der Waals surface area contributed by atoms with Crippen molar-refractivity contribution in [1.82, 2.24) is 19.8 Å². The topological polar surface area (TPSA) is 55.4 Å². The molecule has 0 amide bonds. The van der Waals surface area contributed by atoms with E-state index < -0.39 is 5.60 Å². The molecule has 41 heavy (non-hydrogen) atoms. The summed E-state index contributed by atoms with van der Waals surface area (Å²) in [4.78, 5) is 14.6. The van der Waals surface area contributed by atoms with Crippen LogP contribution in [0.3, 0.4) is 0 Å². The Hall–Kier alpha value is -2.21. The Labute approximate surface area is 245 Å². The van der Waals surface area contributed by atoms with Crippen molar-refractivity contribution in [2.75, 3.05) is 26.2 Å². The average Bonchev–Trinajstić information content (AvgIpc) is 3.49. The number of piperidine rings is 1. The molecular formula is C36H48N4O. The minimum Gasteiger partial charge on any atom is -0.384 e. The SMILES string of the molecule is O[C@]12C=C(c3nccc4c3[nH]c3ccccc34)[C@@H]3CCN(CCCCCCCC1)C[C@@]31C[C@@H]3CCCCCCN3[C@H]12. The largest absolute Gasteiger partial charge is 0.384 e. The summed E-state index contributed by atoms with van der Waals surface area (Å²) in [7, 11) is 0. The second kappa shape index (κ2) is 10.5. The van der Waals surface area contributed by atoms with E-state index in [4.69, 9.17) is 4.98 Å². The van der Waals surface area contributed by atoms with Crippen LogP contribution in [0.2, 0.25) is 0 Å². The normalized spacial score (nSPS) is 36.9. The number of aliphatic hydroxyl groups is 1. The van der Waals surface area contributed by atoms with Crippen LogP contribution in [0.4, 0.5) is 0 Å². The van der Waals surface area contributed by atoms with Crippen molar-refractivity contribution in [2.24, 2.45) is 11.3 Å². The molecule has 1 aliphatic carbocycles. The van der Waals surface area contributed by atoms with E-state index in [-0.39, 0.29) is 11.5 Å². The van der Waals surface area contributed by atoms with Crippen LogP contribution in [-0.2, 0) is 0 Å².